The predicted molar refractivity (Wildman–Crippen MR) is 99.0 cm³/mol. The van der Waals surface area contributed by atoms with E-state index in [-0.39, 0.29) is 0 Å². The van der Waals surface area contributed by atoms with Crippen LogP contribution in [-0.4, -0.2) is 25.7 Å². The number of ether oxygens (including phenoxy) is 2. The molecule has 2 aromatic rings. The van der Waals surface area contributed by atoms with Crippen molar-refractivity contribution in [2.75, 3.05) is 25.1 Å². The van der Waals surface area contributed by atoms with E-state index in [1.165, 1.54) is 5.56 Å². The summed E-state index contributed by atoms with van der Waals surface area (Å²) < 4.78 is 11.1. The van der Waals surface area contributed by atoms with Gasteiger partial charge < -0.3 is 20.5 Å². The van der Waals surface area contributed by atoms with Gasteiger partial charge in [-0.2, -0.15) is 0 Å². The summed E-state index contributed by atoms with van der Waals surface area (Å²) in [5.41, 5.74) is 7.99. The summed E-state index contributed by atoms with van der Waals surface area (Å²) in [6.45, 7) is 5.69. The molecule has 0 unspecified atom stereocenters. The first-order valence-corrected chi connectivity index (χ1v) is 8.23. The average molecular weight is 327 g/mol. The van der Waals surface area contributed by atoms with Crippen molar-refractivity contribution in [1.29, 1.82) is 0 Å². The number of aliphatic imine (C=N–C) groups is 1. The van der Waals surface area contributed by atoms with Gasteiger partial charge in [-0.1, -0.05) is 30.3 Å². The molecule has 0 aliphatic carbocycles. The summed E-state index contributed by atoms with van der Waals surface area (Å²) in [6.07, 6.45) is 0.848. The fraction of sp³-hybridized carbons (Fsp3) is 0.316. The summed E-state index contributed by atoms with van der Waals surface area (Å²) in [4.78, 5) is 4.38. The molecule has 0 bridgehead atoms. The minimum absolute atomic E-state index is 0.362. The average Bonchev–Trinajstić information content (AvgIpc) is 2.58. The van der Waals surface area contributed by atoms with Gasteiger partial charge in [0.1, 0.15) is 11.5 Å². The number of nitrogens with one attached hydrogen (secondary N) is 1. The largest absolute Gasteiger partial charge is 0.494 e. The molecule has 0 saturated heterocycles. The van der Waals surface area contributed by atoms with Crippen molar-refractivity contribution >= 4 is 11.6 Å². The molecule has 3 N–H and O–H groups in total. The molecule has 0 amide bonds. The van der Waals surface area contributed by atoms with Gasteiger partial charge in [-0.05, 0) is 38.0 Å². The van der Waals surface area contributed by atoms with E-state index in [9.17, 15) is 0 Å². The predicted octanol–water partition coefficient (Wildman–Crippen LogP) is 3.45. The molecule has 24 heavy (non-hydrogen) atoms. The zero-order valence-corrected chi connectivity index (χ0v) is 14.3. The van der Waals surface area contributed by atoms with Crippen molar-refractivity contribution in [3.05, 3.63) is 54.1 Å². The van der Waals surface area contributed by atoms with Gasteiger partial charge in [0.05, 0.1) is 18.9 Å². The van der Waals surface area contributed by atoms with Crippen LogP contribution in [0.1, 0.15) is 19.4 Å². The minimum atomic E-state index is 0.362. The van der Waals surface area contributed by atoms with Crippen LogP contribution in [0.4, 0.5) is 5.69 Å². The molecule has 0 spiro atoms. The van der Waals surface area contributed by atoms with Gasteiger partial charge in [0, 0.05) is 12.6 Å². The summed E-state index contributed by atoms with van der Waals surface area (Å²) >= 11 is 0. The highest BCUT2D eigenvalue weighted by Gasteiger charge is 2.07. The van der Waals surface area contributed by atoms with Gasteiger partial charge in [0.15, 0.2) is 5.96 Å². The lowest BCUT2D eigenvalue weighted by Gasteiger charge is -2.14. The Balaban J connectivity index is 2.01. The Kier molecular flexibility index (Phi) is 6.95. The molecule has 5 heteroatoms. The number of nitrogens with two attached hydrogens (primary N) is 1. The van der Waals surface area contributed by atoms with E-state index in [0.29, 0.717) is 25.7 Å². The molecular weight excluding hydrogens is 302 g/mol. The molecule has 128 valence electrons. The van der Waals surface area contributed by atoms with Crippen molar-refractivity contribution < 1.29 is 9.47 Å². The van der Waals surface area contributed by atoms with Crippen LogP contribution in [0.15, 0.2) is 53.5 Å². The van der Waals surface area contributed by atoms with Gasteiger partial charge in [-0.3, -0.25) is 4.99 Å². The Labute approximate surface area is 143 Å². The maximum Gasteiger partial charge on any atom is 0.193 e. The van der Waals surface area contributed by atoms with E-state index in [2.05, 4.69) is 22.4 Å². The monoisotopic (exact) mass is 327 g/mol. The van der Waals surface area contributed by atoms with E-state index in [4.69, 9.17) is 15.2 Å². The lowest BCUT2D eigenvalue weighted by atomic mass is 10.2. The van der Waals surface area contributed by atoms with E-state index in [1.54, 1.807) is 0 Å². The van der Waals surface area contributed by atoms with Gasteiger partial charge in [-0.25, -0.2) is 0 Å². The van der Waals surface area contributed by atoms with Crippen LogP contribution in [0.5, 0.6) is 11.5 Å². The van der Waals surface area contributed by atoms with Gasteiger partial charge in [0.2, 0.25) is 0 Å². The summed E-state index contributed by atoms with van der Waals surface area (Å²) in [5.74, 6) is 1.85. The van der Waals surface area contributed by atoms with Gasteiger partial charge in [-0.15, -0.1) is 0 Å². The third kappa shape index (κ3) is 5.50. The molecular formula is C19H25N3O2. The Bertz CT molecular complexity index is 657. The van der Waals surface area contributed by atoms with Crippen LogP contribution >= 0.6 is 0 Å². The van der Waals surface area contributed by atoms with Crippen molar-refractivity contribution in [3.8, 4) is 11.5 Å². The van der Waals surface area contributed by atoms with Crippen molar-refractivity contribution in [3.63, 3.8) is 0 Å². The number of anilines is 1. The zero-order chi connectivity index (χ0) is 17.2. The van der Waals surface area contributed by atoms with Crippen LogP contribution in [0.2, 0.25) is 0 Å². The quantitative estimate of drug-likeness (QED) is 0.575. The number of nitrogens with zero attached hydrogens (tertiary/aromatic N) is 1. The second-order valence-corrected chi connectivity index (χ2v) is 5.15. The first-order valence-electron chi connectivity index (χ1n) is 8.23. The van der Waals surface area contributed by atoms with E-state index in [1.807, 2.05) is 50.2 Å². The molecule has 2 aromatic carbocycles. The fourth-order valence-corrected chi connectivity index (χ4v) is 2.27. The number of guanidine groups is 1. The zero-order valence-electron chi connectivity index (χ0n) is 14.3. The van der Waals surface area contributed by atoms with Crippen molar-refractivity contribution in [1.82, 2.24) is 0 Å². The topological polar surface area (TPSA) is 68.9 Å². The third-order valence-electron chi connectivity index (χ3n) is 3.35. The second-order valence-electron chi connectivity index (χ2n) is 5.15. The number of hydrogen-bond acceptors (Lipinski definition) is 3. The van der Waals surface area contributed by atoms with Crippen LogP contribution in [0, 0.1) is 0 Å². The molecule has 0 radical (unpaired) electrons. The SMILES string of the molecule is CCOc1ccc(OCC)c(NC(N)=NCCc2ccccc2)c1. The number of rotatable bonds is 8. The molecule has 0 saturated carbocycles. The maximum absolute atomic E-state index is 6.00. The summed E-state index contributed by atoms with van der Waals surface area (Å²) in [6, 6.07) is 15.8. The van der Waals surface area contributed by atoms with E-state index >= 15 is 0 Å². The lowest BCUT2D eigenvalue weighted by Crippen LogP contribution is -2.23. The maximum atomic E-state index is 6.00. The first kappa shape index (κ1) is 17.7. The molecule has 5 nitrogen and oxygen atoms in total. The van der Waals surface area contributed by atoms with Crippen LogP contribution in [-0.2, 0) is 6.42 Å². The van der Waals surface area contributed by atoms with E-state index in [0.717, 1.165) is 23.6 Å². The van der Waals surface area contributed by atoms with Crippen LogP contribution < -0.4 is 20.5 Å². The molecule has 0 fully saturated rings. The Morgan fingerprint density at radius 3 is 2.50 bits per heavy atom. The normalized spacial score (nSPS) is 11.2. The Hall–Kier alpha value is -2.69. The molecule has 0 atom stereocenters. The van der Waals surface area contributed by atoms with Gasteiger partial charge in [0.25, 0.3) is 0 Å². The molecule has 0 heterocycles. The molecule has 0 aliphatic rings. The highest BCUT2D eigenvalue weighted by Crippen LogP contribution is 2.29. The Morgan fingerprint density at radius 1 is 1.04 bits per heavy atom. The molecule has 0 aromatic heterocycles. The second kappa shape index (κ2) is 9.45. The first-order chi connectivity index (χ1) is 11.7. The van der Waals surface area contributed by atoms with Crippen LogP contribution in [0.3, 0.4) is 0 Å². The highest BCUT2D eigenvalue weighted by atomic mass is 16.5. The van der Waals surface area contributed by atoms with Gasteiger partial charge >= 0.3 is 0 Å². The van der Waals surface area contributed by atoms with E-state index < -0.39 is 0 Å². The standard InChI is InChI=1S/C19H25N3O2/c1-3-23-16-10-11-18(24-4-2)17(14-16)22-19(20)21-13-12-15-8-6-5-7-9-15/h5-11,14H,3-4,12-13H2,1-2H3,(H3,20,21,22). The number of benzene rings is 2. The number of hydrogen-bond donors (Lipinski definition) is 2. The highest BCUT2D eigenvalue weighted by molar-refractivity contribution is 5.94. The molecule has 2 rings (SSSR count). The third-order valence-corrected chi connectivity index (χ3v) is 3.35. The summed E-state index contributed by atoms with van der Waals surface area (Å²) in [7, 11) is 0. The lowest BCUT2D eigenvalue weighted by molar-refractivity contribution is 0.332. The Morgan fingerprint density at radius 2 is 1.79 bits per heavy atom. The van der Waals surface area contributed by atoms with Crippen LogP contribution in [0.25, 0.3) is 0 Å². The minimum Gasteiger partial charge on any atom is -0.494 e. The fourth-order valence-electron chi connectivity index (χ4n) is 2.27. The van der Waals surface area contributed by atoms with Crippen molar-refractivity contribution in [2.45, 2.75) is 20.3 Å². The molecule has 0 aliphatic heterocycles. The smallest absolute Gasteiger partial charge is 0.193 e. The summed E-state index contributed by atoms with van der Waals surface area (Å²) in [5, 5.41) is 3.10. The van der Waals surface area contributed by atoms with Crippen molar-refractivity contribution in [2.24, 2.45) is 10.7 Å².